The first-order valence-electron chi connectivity index (χ1n) is 7.78. The summed E-state index contributed by atoms with van der Waals surface area (Å²) in [6.07, 6.45) is 2.95. The number of carbonyl (C=O) groups is 2. The Balaban J connectivity index is 2.21. The molecule has 0 bridgehead atoms. The summed E-state index contributed by atoms with van der Waals surface area (Å²) < 4.78 is 0.950. The average Bonchev–Trinajstić information content (AvgIpc) is 2.58. The van der Waals surface area contributed by atoms with Crippen LogP contribution in [0.3, 0.4) is 0 Å². The van der Waals surface area contributed by atoms with Crippen LogP contribution in [-0.2, 0) is 0 Å². The van der Waals surface area contributed by atoms with E-state index in [0.717, 1.165) is 15.7 Å². The predicted octanol–water partition coefficient (Wildman–Crippen LogP) is 3.89. The van der Waals surface area contributed by atoms with Gasteiger partial charge in [-0.1, -0.05) is 15.9 Å². The van der Waals surface area contributed by atoms with Crippen LogP contribution in [0.2, 0.25) is 0 Å². The number of carbonyl (C=O) groups excluding carboxylic acids is 2. The second-order valence-corrected chi connectivity index (χ2v) is 6.27. The molecule has 2 rings (SSSR count). The molecule has 0 radical (unpaired) electrons. The van der Waals surface area contributed by atoms with Gasteiger partial charge in [-0.25, -0.2) is 0 Å². The third kappa shape index (κ3) is 4.20. The van der Waals surface area contributed by atoms with Crippen molar-refractivity contribution in [2.45, 2.75) is 20.8 Å². The van der Waals surface area contributed by atoms with Crippen LogP contribution in [-0.4, -0.2) is 34.8 Å². The maximum absolute atomic E-state index is 12.4. The molecule has 126 valence electrons. The van der Waals surface area contributed by atoms with Gasteiger partial charge < -0.3 is 10.2 Å². The smallest absolute Gasteiger partial charge is 0.257 e. The van der Waals surface area contributed by atoms with Crippen LogP contribution in [0.4, 0.5) is 5.69 Å². The Kier molecular flexibility index (Phi) is 6.09. The highest BCUT2D eigenvalue weighted by Crippen LogP contribution is 2.20. The van der Waals surface area contributed by atoms with Crippen molar-refractivity contribution in [3.8, 4) is 0 Å². The van der Waals surface area contributed by atoms with Gasteiger partial charge in [-0.05, 0) is 50.6 Å². The Labute approximate surface area is 150 Å². The van der Waals surface area contributed by atoms with Crippen molar-refractivity contribution >= 4 is 33.4 Å². The van der Waals surface area contributed by atoms with E-state index in [9.17, 15) is 9.59 Å². The van der Waals surface area contributed by atoms with Crippen LogP contribution >= 0.6 is 15.9 Å². The molecular weight excluding hydrogens is 370 g/mol. The zero-order valence-corrected chi connectivity index (χ0v) is 15.6. The molecule has 0 aliphatic heterocycles. The number of anilines is 1. The fourth-order valence-corrected chi connectivity index (χ4v) is 2.81. The summed E-state index contributed by atoms with van der Waals surface area (Å²) in [6.45, 7) is 6.98. The number of nitrogens with one attached hydrogen (secondary N) is 1. The van der Waals surface area contributed by atoms with E-state index in [-0.39, 0.29) is 11.8 Å². The molecule has 2 aromatic rings. The van der Waals surface area contributed by atoms with E-state index in [4.69, 9.17) is 0 Å². The van der Waals surface area contributed by atoms with E-state index in [0.29, 0.717) is 24.2 Å². The molecule has 1 N–H and O–H groups in total. The number of nitrogens with zero attached hydrogens (tertiary/aromatic N) is 2. The Bertz CT molecular complexity index is 758. The van der Waals surface area contributed by atoms with E-state index in [1.54, 1.807) is 11.0 Å². The lowest BCUT2D eigenvalue weighted by Gasteiger charge is -2.18. The fraction of sp³-hybridized carbons (Fsp3) is 0.278. The third-order valence-electron chi connectivity index (χ3n) is 3.73. The first-order valence-corrected chi connectivity index (χ1v) is 8.57. The zero-order valence-electron chi connectivity index (χ0n) is 14.0. The van der Waals surface area contributed by atoms with Crippen molar-refractivity contribution in [1.29, 1.82) is 0 Å². The highest BCUT2D eigenvalue weighted by molar-refractivity contribution is 9.10. The highest BCUT2D eigenvalue weighted by Gasteiger charge is 2.16. The molecule has 0 saturated carbocycles. The molecule has 0 fully saturated rings. The second-order valence-electron chi connectivity index (χ2n) is 5.35. The molecule has 24 heavy (non-hydrogen) atoms. The summed E-state index contributed by atoms with van der Waals surface area (Å²) in [5.74, 6) is -0.413. The van der Waals surface area contributed by atoms with Gasteiger partial charge in [0, 0.05) is 35.6 Å². The van der Waals surface area contributed by atoms with Crippen molar-refractivity contribution in [2.24, 2.45) is 0 Å². The lowest BCUT2D eigenvalue weighted by Crippen LogP contribution is -2.30. The monoisotopic (exact) mass is 389 g/mol. The molecule has 0 spiro atoms. The standard InChI is InChI=1S/C18H20BrN3O2/c1-4-22(5-2)18(24)14-9-13(10-20-11-14)17(23)21-16-7-6-15(19)8-12(16)3/h6-11H,4-5H2,1-3H3,(H,21,23). The molecule has 1 heterocycles. The number of rotatable bonds is 5. The van der Waals surface area contributed by atoms with Gasteiger partial charge in [0.15, 0.2) is 0 Å². The lowest BCUT2D eigenvalue weighted by molar-refractivity contribution is 0.0772. The van der Waals surface area contributed by atoms with E-state index in [1.165, 1.54) is 12.4 Å². The first-order chi connectivity index (χ1) is 11.5. The maximum atomic E-state index is 12.4. The summed E-state index contributed by atoms with van der Waals surface area (Å²) in [5.41, 5.74) is 2.44. The fourth-order valence-electron chi connectivity index (χ4n) is 2.34. The number of amides is 2. The number of pyridine rings is 1. The average molecular weight is 390 g/mol. The minimum atomic E-state index is -0.290. The minimum absolute atomic E-state index is 0.123. The summed E-state index contributed by atoms with van der Waals surface area (Å²) >= 11 is 3.40. The molecule has 5 nitrogen and oxygen atoms in total. The van der Waals surface area contributed by atoms with Crippen LogP contribution in [0.5, 0.6) is 0 Å². The number of hydrogen-bond donors (Lipinski definition) is 1. The molecular formula is C18H20BrN3O2. The molecule has 0 aliphatic rings. The zero-order chi connectivity index (χ0) is 17.7. The van der Waals surface area contributed by atoms with Crippen LogP contribution in [0.15, 0.2) is 41.1 Å². The molecule has 1 aromatic carbocycles. The second kappa shape index (κ2) is 8.06. The van der Waals surface area contributed by atoms with Gasteiger partial charge in [0.2, 0.25) is 0 Å². The highest BCUT2D eigenvalue weighted by atomic mass is 79.9. The molecule has 0 unspecified atom stereocenters. The largest absolute Gasteiger partial charge is 0.339 e. The quantitative estimate of drug-likeness (QED) is 0.843. The topological polar surface area (TPSA) is 62.3 Å². The number of aryl methyl sites for hydroxylation is 1. The van der Waals surface area contributed by atoms with E-state index in [2.05, 4.69) is 26.2 Å². The molecule has 0 saturated heterocycles. The van der Waals surface area contributed by atoms with Gasteiger partial charge in [-0.15, -0.1) is 0 Å². The van der Waals surface area contributed by atoms with Crippen LogP contribution in [0, 0.1) is 6.92 Å². The van der Waals surface area contributed by atoms with Crippen LogP contribution < -0.4 is 5.32 Å². The summed E-state index contributed by atoms with van der Waals surface area (Å²) in [5, 5.41) is 2.85. The van der Waals surface area contributed by atoms with Crippen molar-refractivity contribution in [3.05, 3.63) is 57.8 Å². The van der Waals surface area contributed by atoms with Crippen molar-refractivity contribution < 1.29 is 9.59 Å². The number of aromatic nitrogens is 1. The predicted molar refractivity (Wildman–Crippen MR) is 98.3 cm³/mol. The Morgan fingerprint density at radius 1 is 1.12 bits per heavy atom. The van der Waals surface area contributed by atoms with Crippen LogP contribution in [0.1, 0.15) is 40.1 Å². The number of halogens is 1. The SMILES string of the molecule is CCN(CC)C(=O)c1cncc(C(=O)Nc2ccc(Br)cc2C)c1. The van der Waals surface area contributed by atoms with Gasteiger partial charge in [-0.2, -0.15) is 0 Å². The Morgan fingerprint density at radius 2 is 1.79 bits per heavy atom. The van der Waals surface area contributed by atoms with Crippen LogP contribution in [0.25, 0.3) is 0 Å². The van der Waals surface area contributed by atoms with Gasteiger partial charge in [0.05, 0.1) is 11.1 Å². The van der Waals surface area contributed by atoms with Gasteiger partial charge in [-0.3, -0.25) is 14.6 Å². The first kappa shape index (κ1) is 18.1. The molecule has 1 aromatic heterocycles. The summed E-state index contributed by atoms with van der Waals surface area (Å²) in [4.78, 5) is 30.6. The molecule has 0 atom stereocenters. The Morgan fingerprint density at radius 3 is 2.42 bits per heavy atom. The summed E-state index contributed by atoms with van der Waals surface area (Å²) in [7, 11) is 0. The molecule has 6 heteroatoms. The van der Waals surface area contributed by atoms with E-state index >= 15 is 0 Å². The van der Waals surface area contributed by atoms with Gasteiger partial charge in [0.25, 0.3) is 11.8 Å². The molecule has 0 aliphatic carbocycles. The number of hydrogen-bond acceptors (Lipinski definition) is 3. The normalized spacial score (nSPS) is 10.3. The summed E-state index contributed by atoms with van der Waals surface area (Å²) in [6, 6.07) is 7.20. The number of benzene rings is 1. The van der Waals surface area contributed by atoms with E-state index in [1.807, 2.05) is 39.0 Å². The lowest BCUT2D eigenvalue weighted by atomic mass is 10.1. The third-order valence-corrected chi connectivity index (χ3v) is 4.23. The van der Waals surface area contributed by atoms with Crippen molar-refractivity contribution in [1.82, 2.24) is 9.88 Å². The molecule has 2 amide bonds. The van der Waals surface area contributed by atoms with Gasteiger partial charge >= 0.3 is 0 Å². The van der Waals surface area contributed by atoms with E-state index < -0.39 is 0 Å². The van der Waals surface area contributed by atoms with Crippen molar-refractivity contribution in [3.63, 3.8) is 0 Å². The van der Waals surface area contributed by atoms with Crippen molar-refractivity contribution in [2.75, 3.05) is 18.4 Å². The minimum Gasteiger partial charge on any atom is -0.339 e. The van der Waals surface area contributed by atoms with Gasteiger partial charge in [0.1, 0.15) is 0 Å². The Hall–Kier alpha value is -2.21. The maximum Gasteiger partial charge on any atom is 0.257 e.